The van der Waals surface area contributed by atoms with Gasteiger partial charge in [-0.25, -0.2) is 13.1 Å². The first-order valence-corrected chi connectivity index (χ1v) is 6.91. The van der Waals surface area contributed by atoms with E-state index in [4.69, 9.17) is 21.8 Å². The maximum atomic E-state index is 12.0. The number of anilines is 1. The molecule has 2 rings (SSSR count). The van der Waals surface area contributed by atoms with E-state index in [-0.39, 0.29) is 17.1 Å². The summed E-state index contributed by atoms with van der Waals surface area (Å²) in [7, 11) is -3.61. The third-order valence-electron chi connectivity index (χ3n) is 2.32. The van der Waals surface area contributed by atoms with Crippen LogP contribution < -0.4 is 10.5 Å². The number of rotatable bonds is 4. The minimum absolute atomic E-state index is 0.0768. The van der Waals surface area contributed by atoms with E-state index in [0.717, 1.165) is 5.56 Å². The molecule has 1 aromatic heterocycles. The van der Waals surface area contributed by atoms with Crippen LogP contribution in [0.5, 0.6) is 0 Å². The Morgan fingerprint density at radius 1 is 1.33 bits per heavy atom. The van der Waals surface area contributed by atoms with Crippen LogP contribution in [0.2, 0.25) is 5.02 Å². The number of nitrogens with one attached hydrogen (secondary N) is 1. The lowest BCUT2D eigenvalue weighted by Gasteiger charge is -2.07. The van der Waals surface area contributed by atoms with Crippen molar-refractivity contribution in [1.29, 1.82) is 0 Å². The number of sulfonamides is 1. The molecule has 0 fully saturated rings. The number of hydrogen-bond acceptors (Lipinski definition) is 4. The van der Waals surface area contributed by atoms with E-state index in [1.165, 1.54) is 30.7 Å². The van der Waals surface area contributed by atoms with Gasteiger partial charge < -0.3 is 10.2 Å². The Balaban J connectivity index is 2.17. The van der Waals surface area contributed by atoms with E-state index in [1.807, 2.05) is 0 Å². The SMILES string of the molecule is Nc1cc(S(=O)(=O)NCc2ccoc2)ccc1Cl. The van der Waals surface area contributed by atoms with Crippen molar-refractivity contribution in [2.24, 2.45) is 0 Å². The molecule has 0 bridgehead atoms. The highest BCUT2D eigenvalue weighted by atomic mass is 35.5. The molecule has 0 aliphatic carbocycles. The summed E-state index contributed by atoms with van der Waals surface area (Å²) in [6.07, 6.45) is 2.95. The quantitative estimate of drug-likeness (QED) is 0.842. The van der Waals surface area contributed by atoms with E-state index < -0.39 is 10.0 Å². The Hall–Kier alpha value is -1.50. The zero-order valence-corrected chi connectivity index (χ0v) is 10.8. The molecule has 0 saturated heterocycles. The molecule has 18 heavy (non-hydrogen) atoms. The van der Waals surface area contributed by atoms with Crippen molar-refractivity contribution in [2.45, 2.75) is 11.4 Å². The van der Waals surface area contributed by atoms with E-state index >= 15 is 0 Å². The van der Waals surface area contributed by atoms with Crippen molar-refractivity contribution in [3.8, 4) is 0 Å². The highest BCUT2D eigenvalue weighted by Crippen LogP contribution is 2.22. The second kappa shape index (κ2) is 5.01. The van der Waals surface area contributed by atoms with Gasteiger partial charge in [0.1, 0.15) is 0 Å². The number of nitrogens with two attached hydrogens (primary N) is 1. The molecule has 0 unspecified atom stereocenters. The lowest BCUT2D eigenvalue weighted by molar-refractivity contribution is 0.561. The molecule has 7 heteroatoms. The Morgan fingerprint density at radius 3 is 2.72 bits per heavy atom. The van der Waals surface area contributed by atoms with E-state index in [0.29, 0.717) is 5.02 Å². The molecule has 3 N–H and O–H groups in total. The largest absolute Gasteiger partial charge is 0.472 e. The first-order valence-electron chi connectivity index (χ1n) is 5.05. The van der Waals surface area contributed by atoms with Gasteiger partial charge in [-0.05, 0) is 24.3 Å². The predicted octanol–water partition coefficient (Wildman–Crippen LogP) is 1.99. The lowest BCUT2D eigenvalue weighted by Crippen LogP contribution is -2.23. The zero-order chi connectivity index (χ0) is 13.2. The number of furan rings is 1. The highest BCUT2D eigenvalue weighted by molar-refractivity contribution is 7.89. The maximum absolute atomic E-state index is 12.0. The molecule has 0 saturated carbocycles. The van der Waals surface area contributed by atoms with Gasteiger partial charge in [0.25, 0.3) is 0 Å². The molecular weight excluding hydrogens is 276 g/mol. The van der Waals surface area contributed by atoms with Gasteiger partial charge in [0, 0.05) is 12.1 Å². The van der Waals surface area contributed by atoms with Gasteiger partial charge in [-0.2, -0.15) is 0 Å². The summed E-state index contributed by atoms with van der Waals surface area (Å²) in [4.78, 5) is 0.0768. The van der Waals surface area contributed by atoms with Crippen molar-refractivity contribution in [3.05, 3.63) is 47.4 Å². The van der Waals surface area contributed by atoms with Crippen LogP contribution in [0, 0.1) is 0 Å². The Morgan fingerprint density at radius 2 is 2.11 bits per heavy atom. The van der Waals surface area contributed by atoms with E-state index in [9.17, 15) is 8.42 Å². The number of halogens is 1. The second-order valence-corrected chi connectivity index (χ2v) is 5.81. The molecule has 0 atom stereocenters. The normalized spacial score (nSPS) is 11.6. The van der Waals surface area contributed by atoms with Crippen LogP contribution in [-0.4, -0.2) is 8.42 Å². The van der Waals surface area contributed by atoms with Crippen LogP contribution in [0.4, 0.5) is 5.69 Å². The average molecular weight is 287 g/mol. The molecule has 2 aromatic rings. The number of nitrogen functional groups attached to an aromatic ring is 1. The first kappa shape index (κ1) is 12.9. The van der Waals surface area contributed by atoms with Crippen LogP contribution in [-0.2, 0) is 16.6 Å². The summed E-state index contributed by atoms with van der Waals surface area (Å²) in [5, 5.41) is 0.323. The van der Waals surface area contributed by atoms with Gasteiger partial charge in [0.2, 0.25) is 10.0 Å². The van der Waals surface area contributed by atoms with Gasteiger partial charge in [-0.3, -0.25) is 0 Å². The van der Waals surface area contributed by atoms with Crippen LogP contribution in [0.1, 0.15) is 5.56 Å². The standard InChI is InChI=1S/C11H11ClN2O3S/c12-10-2-1-9(5-11(10)13)18(15,16)14-6-8-3-4-17-7-8/h1-5,7,14H,6,13H2. The Labute approximate surface area is 110 Å². The molecule has 0 amide bonds. The monoisotopic (exact) mass is 286 g/mol. The molecule has 5 nitrogen and oxygen atoms in total. The third-order valence-corrected chi connectivity index (χ3v) is 4.07. The van der Waals surface area contributed by atoms with Crippen LogP contribution in [0.15, 0.2) is 46.1 Å². The Bertz CT molecular complexity index is 638. The van der Waals surface area contributed by atoms with Gasteiger partial charge in [-0.1, -0.05) is 11.6 Å². The zero-order valence-electron chi connectivity index (χ0n) is 9.26. The molecule has 96 valence electrons. The van der Waals surface area contributed by atoms with E-state index in [2.05, 4.69) is 4.72 Å². The predicted molar refractivity (Wildman–Crippen MR) is 68.6 cm³/mol. The lowest BCUT2D eigenvalue weighted by atomic mass is 10.3. The second-order valence-electron chi connectivity index (χ2n) is 3.64. The summed E-state index contributed by atoms with van der Waals surface area (Å²) in [6, 6.07) is 5.85. The smallest absolute Gasteiger partial charge is 0.240 e. The van der Waals surface area contributed by atoms with Crippen molar-refractivity contribution < 1.29 is 12.8 Å². The summed E-state index contributed by atoms with van der Waals surface area (Å²) in [5.74, 6) is 0. The summed E-state index contributed by atoms with van der Waals surface area (Å²) in [5.41, 5.74) is 6.53. The first-order chi connectivity index (χ1) is 8.49. The minimum atomic E-state index is -3.61. The summed E-state index contributed by atoms with van der Waals surface area (Å²) in [6.45, 7) is 0.154. The van der Waals surface area contributed by atoms with Gasteiger partial charge in [-0.15, -0.1) is 0 Å². The van der Waals surface area contributed by atoms with Gasteiger partial charge >= 0.3 is 0 Å². The minimum Gasteiger partial charge on any atom is -0.472 e. The molecule has 0 aliphatic rings. The fourth-order valence-electron chi connectivity index (χ4n) is 1.34. The average Bonchev–Trinajstić information content (AvgIpc) is 2.83. The number of hydrogen-bond donors (Lipinski definition) is 2. The van der Waals surface area contributed by atoms with Crippen molar-refractivity contribution >= 4 is 27.3 Å². The molecule has 0 aliphatic heterocycles. The Kier molecular flexibility index (Phi) is 3.60. The van der Waals surface area contributed by atoms with Crippen LogP contribution >= 0.6 is 11.6 Å². The molecule has 0 radical (unpaired) electrons. The fraction of sp³-hybridized carbons (Fsp3) is 0.0909. The maximum Gasteiger partial charge on any atom is 0.240 e. The van der Waals surface area contributed by atoms with Crippen LogP contribution in [0.3, 0.4) is 0 Å². The van der Waals surface area contributed by atoms with Crippen molar-refractivity contribution in [2.75, 3.05) is 5.73 Å². The van der Waals surface area contributed by atoms with E-state index in [1.54, 1.807) is 6.07 Å². The molecule has 1 aromatic carbocycles. The number of benzene rings is 1. The van der Waals surface area contributed by atoms with Crippen LogP contribution in [0.25, 0.3) is 0 Å². The highest BCUT2D eigenvalue weighted by Gasteiger charge is 2.15. The topological polar surface area (TPSA) is 85.3 Å². The summed E-state index contributed by atoms with van der Waals surface area (Å²) < 4.78 is 31.2. The molecule has 0 spiro atoms. The molecule has 1 heterocycles. The van der Waals surface area contributed by atoms with Crippen molar-refractivity contribution in [3.63, 3.8) is 0 Å². The molecular formula is C11H11ClN2O3S. The van der Waals surface area contributed by atoms with Gasteiger partial charge in [0.05, 0.1) is 28.1 Å². The van der Waals surface area contributed by atoms with Gasteiger partial charge in [0.15, 0.2) is 0 Å². The summed E-state index contributed by atoms with van der Waals surface area (Å²) >= 11 is 5.74. The third kappa shape index (κ3) is 2.84. The fourth-order valence-corrected chi connectivity index (χ4v) is 2.51. The van der Waals surface area contributed by atoms with Crippen molar-refractivity contribution in [1.82, 2.24) is 4.72 Å².